The minimum absolute atomic E-state index is 0.311. The highest BCUT2D eigenvalue weighted by atomic mass is 16.5. The summed E-state index contributed by atoms with van der Waals surface area (Å²) in [4.78, 5) is 12.2. The van der Waals surface area contributed by atoms with Gasteiger partial charge in [0.15, 0.2) is 6.04 Å². The molecule has 2 rings (SSSR count). The highest BCUT2D eigenvalue weighted by molar-refractivity contribution is 5.81. The molecule has 0 heterocycles. The first-order valence-electron chi connectivity index (χ1n) is 6.86. The molecule has 4 nitrogen and oxygen atoms in total. The number of ether oxygens (including phenoxy) is 2. The second-order valence-electron chi connectivity index (χ2n) is 4.47. The number of methoxy groups -OCH3 is 1. The maximum Gasteiger partial charge on any atom is 0.333 e. The Kier molecular flexibility index (Phi) is 5.21. The lowest BCUT2D eigenvalue weighted by Crippen LogP contribution is -2.23. The third kappa shape index (κ3) is 3.99. The third-order valence-electron chi connectivity index (χ3n) is 3.03. The molecular weight excluding hydrogens is 266 g/mol. The fraction of sp³-hybridized carbons (Fsp3) is 0.235. The molecule has 4 heteroatoms. The van der Waals surface area contributed by atoms with Gasteiger partial charge in [-0.05, 0) is 36.8 Å². The largest absolute Gasteiger partial charge is 0.497 e. The van der Waals surface area contributed by atoms with Crippen LogP contribution in [-0.4, -0.2) is 19.7 Å². The van der Waals surface area contributed by atoms with Crippen LogP contribution in [0.4, 0.5) is 5.69 Å². The van der Waals surface area contributed by atoms with Crippen molar-refractivity contribution in [2.24, 2.45) is 0 Å². The van der Waals surface area contributed by atoms with Gasteiger partial charge in [0, 0.05) is 5.69 Å². The van der Waals surface area contributed by atoms with E-state index in [-0.39, 0.29) is 5.97 Å². The van der Waals surface area contributed by atoms with E-state index in [4.69, 9.17) is 9.47 Å². The van der Waals surface area contributed by atoms with Gasteiger partial charge in [0.1, 0.15) is 5.75 Å². The van der Waals surface area contributed by atoms with Crippen molar-refractivity contribution >= 4 is 11.7 Å². The van der Waals surface area contributed by atoms with Gasteiger partial charge in [-0.3, -0.25) is 0 Å². The molecule has 0 saturated carbocycles. The van der Waals surface area contributed by atoms with E-state index < -0.39 is 6.04 Å². The summed E-state index contributed by atoms with van der Waals surface area (Å²) in [7, 11) is 1.60. The molecule has 0 aliphatic carbocycles. The first kappa shape index (κ1) is 14.9. The zero-order valence-corrected chi connectivity index (χ0v) is 12.2. The van der Waals surface area contributed by atoms with Crippen LogP contribution in [0.1, 0.15) is 18.5 Å². The highest BCUT2D eigenvalue weighted by Gasteiger charge is 2.22. The first-order valence-corrected chi connectivity index (χ1v) is 6.86. The van der Waals surface area contributed by atoms with Gasteiger partial charge in [-0.25, -0.2) is 4.79 Å². The van der Waals surface area contributed by atoms with E-state index in [1.807, 2.05) is 54.6 Å². The summed E-state index contributed by atoms with van der Waals surface area (Å²) in [6.07, 6.45) is 0. The maximum absolute atomic E-state index is 12.2. The minimum Gasteiger partial charge on any atom is -0.497 e. The number of hydrogen-bond donors (Lipinski definition) is 1. The van der Waals surface area contributed by atoms with Gasteiger partial charge < -0.3 is 14.8 Å². The fourth-order valence-electron chi connectivity index (χ4n) is 2.03. The molecule has 0 amide bonds. The second-order valence-corrected chi connectivity index (χ2v) is 4.47. The molecular formula is C17H19NO3. The summed E-state index contributed by atoms with van der Waals surface area (Å²) >= 11 is 0. The van der Waals surface area contributed by atoms with Crippen LogP contribution < -0.4 is 10.1 Å². The summed E-state index contributed by atoms with van der Waals surface area (Å²) < 4.78 is 10.4. The molecule has 0 bridgehead atoms. The lowest BCUT2D eigenvalue weighted by Gasteiger charge is -2.19. The van der Waals surface area contributed by atoms with Gasteiger partial charge in [0.25, 0.3) is 0 Å². The van der Waals surface area contributed by atoms with Crippen LogP contribution in [0.25, 0.3) is 0 Å². The van der Waals surface area contributed by atoms with Crippen LogP contribution in [0.15, 0.2) is 54.6 Å². The van der Waals surface area contributed by atoms with Crippen molar-refractivity contribution in [3.05, 3.63) is 60.2 Å². The average Bonchev–Trinajstić information content (AvgIpc) is 2.54. The van der Waals surface area contributed by atoms with Crippen LogP contribution in [0.5, 0.6) is 5.75 Å². The number of carbonyl (C=O) groups is 1. The first-order chi connectivity index (χ1) is 10.2. The van der Waals surface area contributed by atoms with Crippen LogP contribution in [0.3, 0.4) is 0 Å². The molecule has 0 saturated heterocycles. The molecule has 21 heavy (non-hydrogen) atoms. The highest BCUT2D eigenvalue weighted by Crippen LogP contribution is 2.24. The van der Waals surface area contributed by atoms with Gasteiger partial charge in [-0.2, -0.15) is 0 Å². The van der Waals surface area contributed by atoms with Gasteiger partial charge >= 0.3 is 5.97 Å². The number of benzene rings is 2. The van der Waals surface area contributed by atoms with E-state index in [0.717, 1.165) is 11.3 Å². The van der Waals surface area contributed by atoms with E-state index in [1.54, 1.807) is 14.0 Å². The van der Waals surface area contributed by atoms with Gasteiger partial charge in [0.2, 0.25) is 0 Å². The smallest absolute Gasteiger partial charge is 0.333 e. The molecule has 0 aliphatic heterocycles. The zero-order chi connectivity index (χ0) is 15.1. The van der Waals surface area contributed by atoms with Gasteiger partial charge in [-0.1, -0.05) is 30.3 Å². The topological polar surface area (TPSA) is 47.6 Å². The summed E-state index contributed by atoms with van der Waals surface area (Å²) in [5.41, 5.74) is 1.66. The molecule has 110 valence electrons. The SMILES string of the molecule is CCOC(=O)C(Nc1ccccc1)c1cccc(OC)c1. The zero-order valence-electron chi connectivity index (χ0n) is 12.2. The number of anilines is 1. The van der Waals surface area contributed by atoms with Crippen LogP contribution in [0.2, 0.25) is 0 Å². The van der Waals surface area contributed by atoms with Crippen molar-refractivity contribution < 1.29 is 14.3 Å². The summed E-state index contributed by atoms with van der Waals surface area (Å²) in [6.45, 7) is 2.14. The normalized spacial score (nSPS) is 11.5. The number of esters is 1. The van der Waals surface area contributed by atoms with E-state index in [1.165, 1.54) is 0 Å². The Morgan fingerprint density at radius 1 is 1.14 bits per heavy atom. The lowest BCUT2D eigenvalue weighted by molar-refractivity contribution is -0.144. The number of carbonyl (C=O) groups excluding carboxylic acids is 1. The van der Waals surface area contributed by atoms with Crippen molar-refractivity contribution in [2.75, 3.05) is 19.0 Å². The quantitative estimate of drug-likeness (QED) is 0.826. The Bertz CT molecular complexity index is 584. The fourth-order valence-corrected chi connectivity index (χ4v) is 2.03. The van der Waals surface area contributed by atoms with Crippen molar-refractivity contribution in [2.45, 2.75) is 13.0 Å². The Morgan fingerprint density at radius 2 is 1.90 bits per heavy atom. The Morgan fingerprint density at radius 3 is 2.57 bits per heavy atom. The monoisotopic (exact) mass is 285 g/mol. The van der Waals surface area contributed by atoms with Crippen molar-refractivity contribution in [1.82, 2.24) is 0 Å². The summed E-state index contributed by atoms with van der Waals surface area (Å²) in [5, 5.41) is 3.20. The molecule has 0 fully saturated rings. The van der Waals surface area contributed by atoms with Crippen LogP contribution >= 0.6 is 0 Å². The molecule has 1 N–H and O–H groups in total. The minimum atomic E-state index is -0.567. The molecule has 1 unspecified atom stereocenters. The van der Waals surface area contributed by atoms with E-state index >= 15 is 0 Å². The summed E-state index contributed by atoms with van der Waals surface area (Å²) in [5.74, 6) is 0.395. The average molecular weight is 285 g/mol. The lowest BCUT2D eigenvalue weighted by atomic mass is 10.1. The van der Waals surface area contributed by atoms with Gasteiger partial charge in [0.05, 0.1) is 13.7 Å². The molecule has 0 radical (unpaired) electrons. The van der Waals surface area contributed by atoms with E-state index in [2.05, 4.69) is 5.32 Å². The molecule has 1 atom stereocenters. The predicted octanol–water partition coefficient (Wildman–Crippen LogP) is 3.41. The van der Waals surface area contributed by atoms with E-state index in [9.17, 15) is 4.79 Å². The molecule has 0 spiro atoms. The summed E-state index contributed by atoms with van der Waals surface area (Å²) in [6, 6.07) is 16.4. The molecule has 2 aromatic carbocycles. The standard InChI is InChI=1S/C17H19NO3/c1-3-21-17(19)16(18-14-9-5-4-6-10-14)13-8-7-11-15(12-13)20-2/h4-12,16,18H,3H2,1-2H3. The van der Waals surface area contributed by atoms with Crippen LogP contribution in [0, 0.1) is 0 Å². The van der Waals surface area contributed by atoms with Crippen LogP contribution in [-0.2, 0) is 9.53 Å². The number of rotatable bonds is 6. The predicted molar refractivity (Wildman–Crippen MR) is 82.4 cm³/mol. The number of hydrogen-bond acceptors (Lipinski definition) is 4. The van der Waals surface area contributed by atoms with Crippen molar-refractivity contribution in [3.63, 3.8) is 0 Å². The Labute approximate surface area is 124 Å². The molecule has 0 aromatic heterocycles. The molecule has 2 aromatic rings. The van der Waals surface area contributed by atoms with Crippen molar-refractivity contribution in [1.29, 1.82) is 0 Å². The van der Waals surface area contributed by atoms with Crippen molar-refractivity contribution in [3.8, 4) is 5.75 Å². The number of nitrogens with one attached hydrogen (secondary N) is 1. The second kappa shape index (κ2) is 7.33. The third-order valence-corrected chi connectivity index (χ3v) is 3.03. The van der Waals surface area contributed by atoms with E-state index in [0.29, 0.717) is 12.4 Å². The Balaban J connectivity index is 2.28. The van der Waals surface area contributed by atoms with Gasteiger partial charge in [-0.15, -0.1) is 0 Å². The Hall–Kier alpha value is -2.49. The number of para-hydroxylation sites is 1. The molecule has 0 aliphatic rings. The maximum atomic E-state index is 12.2.